The summed E-state index contributed by atoms with van der Waals surface area (Å²) in [5.74, 6) is 0.638. The maximum Gasteiger partial charge on any atom is 0.197 e. The van der Waals surface area contributed by atoms with Crippen LogP contribution in [0.4, 0.5) is 0 Å². The number of ether oxygens (including phenoxy) is 1. The van der Waals surface area contributed by atoms with Crippen LogP contribution >= 0.6 is 0 Å². The summed E-state index contributed by atoms with van der Waals surface area (Å²) in [4.78, 5) is 12.7. The van der Waals surface area contributed by atoms with Gasteiger partial charge >= 0.3 is 0 Å². The van der Waals surface area contributed by atoms with E-state index in [1.54, 1.807) is 13.2 Å². The lowest BCUT2D eigenvalue weighted by molar-refractivity contribution is 0.103. The summed E-state index contributed by atoms with van der Waals surface area (Å²) in [6, 6.07) is 11.4. The molecule has 0 atom stereocenters. The number of ketones is 1. The fourth-order valence-electron chi connectivity index (χ4n) is 2.51. The van der Waals surface area contributed by atoms with Crippen LogP contribution < -0.4 is 4.74 Å². The van der Waals surface area contributed by atoms with E-state index in [-0.39, 0.29) is 5.78 Å². The van der Waals surface area contributed by atoms with Crippen molar-refractivity contribution >= 4 is 5.78 Å². The van der Waals surface area contributed by atoms with Crippen LogP contribution in [0.2, 0.25) is 0 Å². The maximum atomic E-state index is 12.7. The second-order valence-corrected chi connectivity index (χ2v) is 4.80. The number of benzene rings is 2. The van der Waals surface area contributed by atoms with Gasteiger partial charge in [-0.15, -0.1) is 0 Å². The van der Waals surface area contributed by atoms with Crippen molar-refractivity contribution in [3.63, 3.8) is 0 Å². The van der Waals surface area contributed by atoms with Crippen LogP contribution in [0, 0.1) is 20.8 Å². The van der Waals surface area contributed by atoms with E-state index in [4.69, 9.17) is 4.74 Å². The highest BCUT2D eigenvalue weighted by atomic mass is 16.5. The standard InChI is InChI=1S/C17H18O2/c1-11-9-12(2)16(13(3)10-11)17(18)14-7-5-6-8-15(14)19-4/h5-10H,1-4H3. The van der Waals surface area contributed by atoms with Gasteiger partial charge in [0.25, 0.3) is 0 Å². The van der Waals surface area contributed by atoms with Crippen LogP contribution in [-0.2, 0) is 0 Å². The molecule has 2 rings (SSSR count). The van der Waals surface area contributed by atoms with Crippen LogP contribution in [0.3, 0.4) is 0 Å². The number of aryl methyl sites for hydroxylation is 3. The molecule has 0 saturated carbocycles. The Morgan fingerprint density at radius 3 is 2.16 bits per heavy atom. The Kier molecular flexibility index (Phi) is 3.70. The molecule has 0 aliphatic rings. The molecule has 0 N–H and O–H groups in total. The molecule has 2 aromatic carbocycles. The molecular weight excluding hydrogens is 236 g/mol. The molecule has 2 heteroatoms. The molecule has 0 aromatic heterocycles. The van der Waals surface area contributed by atoms with Crippen molar-refractivity contribution in [3.05, 3.63) is 64.2 Å². The number of carbonyl (C=O) groups excluding carboxylic acids is 1. The monoisotopic (exact) mass is 254 g/mol. The van der Waals surface area contributed by atoms with Crippen molar-refractivity contribution in [1.29, 1.82) is 0 Å². The van der Waals surface area contributed by atoms with Gasteiger partial charge in [-0.2, -0.15) is 0 Å². The van der Waals surface area contributed by atoms with Crippen molar-refractivity contribution in [2.24, 2.45) is 0 Å². The number of para-hydroxylation sites is 1. The first kappa shape index (κ1) is 13.3. The molecule has 0 aliphatic heterocycles. The SMILES string of the molecule is COc1ccccc1C(=O)c1c(C)cc(C)cc1C. The average molecular weight is 254 g/mol. The van der Waals surface area contributed by atoms with Gasteiger partial charge in [0.05, 0.1) is 12.7 Å². The minimum absolute atomic E-state index is 0.0208. The van der Waals surface area contributed by atoms with Crippen LogP contribution in [0.25, 0.3) is 0 Å². The van der Waals surface area contributed by atoms with Gasteiger partial charge in [0, 0.05) is 5.56 Å². The summed E-state index contributed by atoms with van der Waals surface area (Å²) in [6.45, 7) is 5.99. The number of rotatable bonds is 3. The van der Waals surface area contributed by atoms with Crippen molar-refractivity contribution in [2.45, 2.75) is 20.8 Å². The molecule has 0 amide bonds. The highest BCUT2D eigenvalue weighted by Crippen LogP contribution is 2.25. The predicted octanol–water partition coefficient (Wildman–Crippen LogP) is 3.85. The summed E-state index contributed by atoms with van der Waals surface area (Å²) in [5.41, 5.74) is 4.57. The quantitative estimate of drug-likeness (QED) is 0.778. The third kappa shape index (κ3) is 2.53. The Morgan fingerprint density at radius 1 is 1.00 bits per heavy atom. The fraction of sp³-hybridized carbons (Fsp3) is 0.235. The smallest absolute Gasteiger partial charge is 0.197 e. The highest BCUT2D eigenvalue weighted by molar-refractivity contribution is 6.12. The third-order valence-electron chi connectivity index (χ3n) is 3.26. The lowest BCUT2D eigenvalue weighted by Gasteiger charge is -2.12. The van der Waals surface area contributed by atoms with Gasteiger partial charge in [0.2, 0.25) is 0 Å². The lowest BCUT2D eigenvalue weighted by atomic mass is 9.93. The minimum Gasteiger partial charge on any atom is -0.496 e. The topological polar surface area (TPSA) is 26.3 Å². The fourth-order valence-corrected chi connectivity index (χ4v) is 2.51. The Labute approximate surface area is 114 Å². The van der Waals surface area contributed by atoms with Gasteiger partial charge in [-0.1, -0.05) is 29.8 Å². The second kappa shape index (κ2) is 5.27. The Bertz CT molecular complexity index is 604. The number of hydrogen-bond acceptors (Lipinski definition) is 2. The normalized spacial score (nSPS) is 10.3. The molecule has 2 aromatic rings. The molecule has 0 unspecified atom stereocenters. The molecule has 0 heterocycles. The average Bonchev–Trinajstić information content (AvgIpc) is 2.37. The van der Waals surface area contributed by atoms with Gasteiger partial charge in [-0.25, -0.2) is 0 Å². The maximum absolute atomic E-state index is 12.7. The van der Waals surface area contributed by atoms with Gasteiger partial charge in [-0.3, -0.25) is 4.79 Å². The first-order valence-electron chi connectivity index (χ1n) is 6.30. The molecule has 19 heavy (non-hydrogen) atoms. The molecule has 0 bridgehead atoms. The van der Waals surface area contributed by atoms with Crippen LogP contribution in [0.15, 0.2) is 36.4 Å². The summed E-state index contributed by atoms with van der Waals surface area (Å²) >= 11 is 0. The van der Waals surface area contributed by atoms with Crippen molar-refractivity contribution < 1.29 is 9.53 Å². The van der Waals surface area contributed by atoms with E-state index >= 15 is 0 Å². The summed E-state index contributed by atoms with van der Waals surface area (Å²) in [7, 11) is 1.58. The largest absolute Gasteiger partial charge is 0.496 e. The number of hydrogen-bond donors (Lipinski definition) is 0. The molecule has 98 valence electrons. The molecule has 0 aliphatic carbocycles. The summed E-state index contributed by atoms with van der Waals surface area (Å²) < 4.78 is 5.27. The van der Waals surface area contributed by atoms with E-state index < -0.39 is 0 Å². The van der Waals surface area contributed by atoms with Gasteiger partial charge in [0.15, 0.2) is 5.78 Å². The van der Waals surface area contributed by atoms with Crippen LogP contribution in [0.1, 0.15) is 32.6 Å². The van der Waals surface area contributed by atoms with E-state index in [9.17, 15) is 4.79 Å². The molecular formula is C17H18O2. The van der Waals surface area contributed by atoms with E-state index in [2.05, 4.69) is 0 Å². The molecule has 2 nitrogen and oxygen atoms in total. The van der Waals surface area contributed by atoms with Gasteiger partial charge in [-0.05, 0) is 44.0 Å². The zero-order chi connectivity index (χ0) is 14.0. The Balaban J connectivity index is 2.57. The highest BCUT2D eigenvalue weighted by Gasteiger charge is 2.18. The van der Waals surface area contributed by atoms with E-state index in [0.29, 0.717) is 11.3 Å². The zero-order valence-corrected chi connectivity index (χ0v) is 11.8. The zero-order valence-electron chi connectivity index (χ0n) is 11.8. The number of carbonyl (C=O) groups is 1. The first-order valence-corrected chi connectivity index (χ1v) is 6.30. The molecule has 0 spiro atoms. The number of methoxy groups -OCH3 is 1. The molecule has 0 radical (unpaired) electrons. The predicted molar refractivity (Wildman–Crippen MR) is 77.1 cm³/mol. The lowest BCUT2D eigenvalue weighted by Crippen LogP contribution is -2.08. The van der Waals surface area contributed by atoms with Crippen LogP contribution in [-0.4, -0.2) is 12.9 Å². The molecule has 0 fully saturated rings. The van der Waals surface area contributed by atoms with E-state index in [1.165, 1.54) is 5.56 Å². The molecule has 0 saturated heterocycles. The Hall–Kier alpha value is -2.09. The second-order valence-electron chi connectivity index (χ2n) is 4.80. The van der Waals surface area contributed by atoms with E-state index in [0.717, 1.165) is 16.7 Å². The van der Waals surface area contributed by atoms with Crippen molar-refractivity contribution in [2.75, 3.05) is 7.11 Å². The van der Waals surface area contributed by atoms with Gasteiger partial charge in [0.1, 0.15) is 5.75 Å². The Morgan fingerprint density at radius 2 is 1.58 bits per heavy atom. The van der Waals surface area contributed by atoms with Crippen molar-refractivity contribution in [3.8, 4) is 5.75 Å². The minimum atomic E-state index is 0.0208. The first-order chi connectivity index (χ1) is 9.04. The summed E-state index contributed by atoms with van der Waals surface area (Å²) in [6.07, 6.45) is 0. The summed E-state index contributed by atoms with van der Waals surface area (Å²) in [5, 5.41) is 0. The van der Waals surface area contributed by atoms with Gasteiger partial charge < -0.3 is 4.74 Å². The van der Waals surface area contributed by atoms with Crippen molar-refractivity contribution in [1.82, 2.24) is 0 Å². The van der Waals surface area contributed by atoms with Crippen LogP contribution in [0.5, 0.6) is 5.75 Å². The third-order valence-corrected chi connectivity index (χ3v) is 3.26. The van der Waals surface area contributed by atoms with E-state index in [1.807, 2.05) is 51.1 Å².